The number of amidine groups is 1. The first-order valence-electron chi connectivity index (χ1n) is 9.97. The number of benzene rings is 1. The van der Waals surface area contributed by atoms with Gasteiger partial charge in [-0.2, -0.15) is 0 Å². The van der Waals surface area contributed by atoms with Gasteiger partial charge in [0.2, 0.25) is 5.91 Å². The van der Waals surface area contributed by atoms with Crippen molar-refractivity contribution in [2.45, 2.75) is 29.9 Å². The van der Waals surface area contributed by atoms with Crippen molar-refractivity contribution in [3.05, 3.63) is 18.2 Å². The zero-order valence-corrected chi connectivity index (χ0v) is 17.8. The van der Waals surface area contributed by atoms with Crippen LogP contribution in [0.15, 0.2) is 23.2 Å². The van der Waals surface area contributed by atoms with E-state index >= 15 is 0 Å². The lowest BCUT2D eigenvalue weighted by molar-refractivity contribution is -0.144. The Bertz CT molecular complexity index is 793. The number of methoxy groups -OCH3 is 2. The highest BCUT2D eigenvalue weighted by Gasteiger charge is 2.51. The van der Waals surface area contributed by atoms with Crippen LogP contribution in [0.3, 0.4) is 0 Å². The number of nitrogens with one attached hydrogen (secondary N) is 1. The van der Waals surface area contributed by atoms with Crippen molar-refractivity contribution in [2.75, 3.05) is 45.8 Å². The highest BCUT2D eigenvalue weighted by Crippen LogP contribution is 2.42. The molecule has 2 fully saturated rings. The molecule has 0 aromatic heterocycles. The van der Waals surface area contributed by atoms with E-state index in [4.69, 9.17) is 14.2 Å². The fourth-order valence-electron chi connectivity index (χ4n) is 4.11. The second-order valence-electron chi connectivity index (χ2n) is 7.57. The first-order chi connectivity index (χ1) is 14.5. The number of ether oxygens (including phenoxy) is 3. The van der Waals surface area contributed by atoms with Crippen LogP contribution < -0.4 is 14.8 Å². The number of carbonyl (C=O) groups is 1. The summed E-state index contributed by atoms with van der Waals surface area (Å²) in [5.41, 5.74) is 0.724. The molecule has 1 aromatic carbocycles. The molecule has 4 rings (SSSR count). The lowest BCUT2D eigenvalue weighted by Gasteiger charge is -2.40. The number of thioether (sulfide) groups is 1. The SMILES string of the molecule is COc1cc(NC2=N[C@H]3[C@@H](O)[C@H](O)C[C@H](C(=O)N4CCOCC4)[C@H]3S2)cc(OC)c1. The lowest BCUT2D eigenvalue weighted by atomic mass is 9.80. The molecule has 0 spiro atoms. The Morgan fingerprint density at radius 1 is 1.20 bits per heavy atom. The fourth-order valence-corrected chi connectivity index (χ4v) is 5.48. The van der Waals surface area contributed by atoms with E-state index in [1.165, 1.54) is 11.8 Å². The van der Waals surface area contributed by atoms with Crippen LogP contribution in [0.1, 0.15) is 6.42 Å². The number of hydrogen-bond donors (Lipinski definition) is 3. The summed E-state index contributed by atoms with van der Waals surface area (Å²) in [6.07, 6.45) is -1.77. The van der Waals surface area contributed by atoms with Gasteiger partial charge in [0.1, 0.15) is 17.6 Å². The van der Waals surface area contributed by atoms with Crippen LogP contribution in [0.2, 0.25) is 0 Å². The maximum absolute atomic E-state index is 13.1. The summed E-state index contributed by atoms with van der Waals surface area (Å²) in [6, 6.07) is 4.85. The molecule has 1 aliphatic carbocycles. The number of aliphatic hydroxyl groups excluding tert-OH is 2. The highest BCUT2D eigenvalue weighted by atomic mass is 32.2. The molecule has 3 N–H and O–H groups in total. The van der Waals surface area contributed by atoms with Crippen LogP contribution in [-0.2, 0) is 9.53 Å². The van der Waals surface area contributed by atoms with Gasteiger partial charge in [0, 0.05) is 42.2 Å². The van der Waals surface area contributed by atoms with Crippen molar-refractivity contribution >= 4 is 28.5 Å². The predicted octanol–water partition coefficient (Wildman–Crippen LogP) is 0.556. The molecular formula is C20H27N3O6S. The van der Waals surface area contributed by atoms with Crippen molar-refractivity contribution in [1.29, 1.82) is 0 Å². The van der Waals surface area contributed by atoms with E-state index in [1.54, 1.807) is 25.2 Å². The first kappa shape index (κ1) is 21.2. The number of aliphatic hydroxyl groups is 2. The second kappa shape index (κ2) is 9.01. The van der Waals surface area contributed by atoms with Gasteiger partial charge in [0.15, 0.2) is 5.17 Å². The van der Waals surface area contributed by atoms with E-state index in [-0.39, 0.29) is 17.6 Å². The van der Waals surface area contributed by atoms with E-state index in [0.29, 0.717) is 43.0 Å². The van der Waals surface area contributed by atoms with Gasteiger partial charge in [-0.1, -0.05) is 11.8 Å². The topological polar surface area (TPSA) is 113 Å². The molecule has 5 atom stereocenters. The number of carbonyl (C=O) groups excluding carboxylic acids is 1. The summed E-state index contributed by atoms with van der Waals surface area (Å²) in [7, 11) is 3.16. The van der Waals surface area contributed by atoms with Gasteiger partial charge < -0.3 is 34.6 Å². The molecule has 0 radical (unpaired) electrons. The Hall–Kier alpha value is -2.01. The molecule has 2 aliphatic heterocycles. The van der Waals surface area contributed by atoms with E-state index in [9.17, 15) is 15.0 Å². The van der Waals surface area contributed by atoms with Crippen molar-refractivity contribution < 1.29 is 29.2 Å². The summed E-state index contributed by atoms with van der Waals surface area (Å²) in [5, 5.41) is 24.5. The molecule has 30 heavy (non-hydrogen) atoms. The molecule has 10 heteroatoms. The quantitative estimate of drug-likeness (QED) is 0.626. The minimum absolute atomic E-state index is 0.00810. The van der Waals surface area contributed by atoms with Crippen molar-refractivity contribution in [1.82, 2.24) is 4.90 Å². The Kier molecular flexibility index (Phi) is 6.37. The summed E-state index contributed by atoms with van der Waals surface area (Å²) in [4.78, 5) is 19.5. The molecule has 1 amide bonds. The molecule has 0 bridgehead atoms. The average Bonchev–Trinajstić information content (AvgIpc) is 3.19. The van der Waals surface area contributed by atoms with Crippen LogP contribution in [0.5, 0.6) is 11.5 Å². The minimum atomic E-state index is -1.00. The number of fused-ring (bicyclic) bond motifs is 1. The average molecular weight is 438 g/mol. The smallest absolute Gasteiger partial charge is 0.227 e. The van der Waals surface area contributed by atoms with Gasteiger partial charge in [0.05, 0.1) is 45.5 Å². The van der Waals surface area contributed by atoms with Crippen LogP contribution in [0, 0.1) is 5.92 Å². The monoisotopic (exact) mass is 437 g/mol. The van der Waals surface area contributed by atoms with E-state index < -0.39 is 24.2 Å². The van der Waals surface area contributed by atoms with Gasteiger partial charge in [-0.3, -0.25) is 9.79 Å². The van der Waals surface area contributed by atoms with Gasteiger partial charge in [-0.25, -0.2) is 0 Å². The third-order valence-corrected chi connectivity index (χ3v) is 7.04. The Morgan fingerprint density at radius 3 is 2.50 bits per heavy atom. The minimum Gasteiger partial charge on any atom is -0.497 e. The number of anilines is 1. The maximum Gasteiger partial charge on any atom is 0.227 e. The standard InChI is InChI=1S/C20H27N3O6S/c1-27-12-7-11(8-13(9-12)28-2)21-20-22-16-17(25)15(24)10-14(18(16)30-20)19(26)23-3-5-29-6-4-23/h7-9,14-18,24-25H,3-6,10H2,1-2H3,(H,21,22)/t14-,15+,16-,17-,18+/m0/s1. The van der Waals surface area contributed by atoms with Gasteiger partial charge in [-0.05, 0) is 6.42 Å². The molecule has 1 saturated carbocycles. The van der Waals surface area contributed by atoms with Gasteiger partial charge in [0.25, 0.3) is 0 Å². The van der Waals surface area contributed by atoms with Crippen LogP contribution >= 0.6 is 11.8 Å². The molecule has 1 saturated heterocycles. The predicted molar refractivity (Wildman–Crippen MR) is 113 cm³/mol. The van der Waals surface area contributed by atoms with Crippen molar-refractivity contribution in [3.8, 4) is 11.5 Å². The molecule has 3 aliphatic rings. The lowest BCUT2D eigenvalue weighted by Crippen LogP contribution is -2.55. The molecule has 1 aromatic rings. The van der Waals surface area contributed by atoms with Crippen molar-refractivity contribution in [3.63, 3.8) is 0 Å². The zero-order valence-electron chi connectivity index (χ0n) is 17.0. The van der Waals surface area contributed by atoms with Crippen molar-refractivity contribution in [2.24, 2.45) is 10.9 Å². The number of rotatable bonds is 4. The Balaban J connectivity index is 1.52. The second-order valence-corrected chi connectivity index (χ2v) is 8.74. The Labute approximate surface area is 179 Å². The third kappa shape index (κ3) is 4.22. The summed E-state index contributed by atoms with van der Waals surface area (Å²) >= 11 is 1.43. The fraction of sp³-hybridized carbons (Fsp3) is 0.600. The van der Waals surface area contributed by atoms with E-state index in [0.717, 1.165) is 5.69 Å². The largest absolute Gasteiger partial charge is 0.497 e. The number of aliphatic imine (C=N–C) groups is 1. The number of hydrogen-bond acceptors (Lipinski definition) is 9. The number of nitrogens with zero attached hydrogens (tertiary/aromatic N) is 2. The zero-order chi connectivity index (χ0) is 21.3. The highest BCUT2D eigenvalue weighted by molar-refractivity contribution is 8.15. The maximum atomic E-state index is 13.1. The third-order valence-electron chi connectivity index (χ3n) is 5.73. The summed E-state index contributed by atoms with van der Waals surface area (Å²) in [5.74, 6) is 0.841. The number of amides is 1. The van der Waals surface area contributed by atoms with Gasteiger partial charge in [-0.15, -0.1) is 0 Å². The molecule has 164 valence electrons. The van der Waals surface area contributed by atoms with Crippen LogP contribution in [0.25, 0.3) is 0 Å². The molecule has 2 heterocycles. The summed E-state index contributed by atoms with van der Waals surface area (Å²) < 4.78 is 15.9. The van der Waals surface area contributed by atoms with E-state index in [2.05, 4.69) is 10.3 Å². The first-order valence-corrected chi connectivity index (χ1v) is 10.9. The summed E-state index contributed by atoms with van der Waals surface area (Å²) in [6.45, 7) is 2.13. The molecule has 9 nitrogen and oxygen atoms in total. The van der Waals surface area contributed by atoms with Gasteiger partial charge >= 0.3 is 0 Å². The molecule has 0 unspecified atom stereocenters. The number of morpholine rings is 1. The Morgan fingerprint density at radius 2 is 1.87 bits per heavy atom. The van der Waals surface area contributed by atoms with Crippen LogP contribution in [0.4, 0.5) is 5.69 Å². The van der Waals surface area contributed by atoms with Crippen LogP contribution in [-0.4, -0.2) is 90.2 Å². The van der Waals surface area contributed by atoms with E-state index in [1.807, 2.05) is 12.1 Å². The molecular weight excluding hydrogens is 410 g/mol. The normalized spacial score (nSPS) is 31.0.